The number of piperidine rings is 1. The molecule has 1 fully saturated rings. The summed E-state index contributed by atoms with van der Waals surface area (Å²) in [6, 6.07) is 0.0983. The van der Waals surface area contributed by atoms with Crippen molar-refractivity contribution in [3.63, 3.8) is 0 Å². The topological polar surface area (TPSA) is 62.4 Å². The fourth-order valence-electron chi connectivity index (χ4n) is 1.97. The summed E-state index contributed by atoms with van der Waals surface area (Å²) < 4.78 is 5.39. The number of β-amino-alcohol motifs (C(OH)–C–C–N with tert-alkyl or cyclic N) is 1. The lowest BCUT2D eigenvalue weighted by molar-refractivity contribution is 0.0436. The average molecular weight is 211 g/mol. The van der Waals surface area contributed by atoms with E-state index in [0.29, 0.717) is 18.3 Å². The first-order chi connectivity index (χ1) is 7.16. The van der Waals surface area contributed by atoms with E-state index in [0.717, 1.165) is 19.4 Å². The van der Waals surface area contributed by atoms with Crippen LogP contribution in [0.2, 0.25) is 0 Å². The highest BCUT2D eigenvalue weighted by molar-refractivity contribution is 4.90. The molecule has 0 amide bonds. The number of hydrogen-bond acceptors (Lipinski definition) is 5. The maximum atomic E-state index is 9.57. The molecule has 2 atom stereocenters. The van der Waals surface area contributed by atoms with Gasteiger partial charge in [0.2, 0.25) is 11.8 Å². The molecule has 84 valence electrons. The summed E-state index contributed by atoms with van der Waals surface area (Å²) in [5, 5.41) is 17.4. The molecule has 0 bridgehead atoms. The molecule has 1 aromatic heterocycles. The van der Waals surface area contributed by atoms with Crippen LogP contribution in [0.4, 0.5) is 0 Å². The maximum Gasteiger partial charge on any atom is 0.233 e. The van der Waals surface area contributed by atoms with Gasteiger partial charge in [0.1, 0.15) is 0 Å². The van der Waals surface area contributed by atoms with Gasteiger partial charge in [-0.25, -0.2) is 0 Å². The van der Waals surface area contributed by atoms with Crippen LogP contribution in [0.5, 0.6) is 0 Å². The van der Waals surface area contributed by atoms with Crippen molar-refractivity contribution in [3.8, 4) is 0 Å². The highest BCUT2D eigenvalue weighted by Crippen LogP contribution is 2.22. The Morgan fingerprint density at radius 2 is 2.33 bits per heavy atom. The van der Waals surface area contributed by atoms with Crippen LogP contribution in [0.15, 0.2) is 4.42 Å². The van der Waals surface area contributed by atoms with Crippen LogP contribution >= 0.6 is 0 Å². The van der Waals surface area contributed by atoms with Crippen LogP contribution in [-0.4, -0.2) is 39.4 Å². The number of aryl methyl sites for hydroxylation is 1. The molecule has 1 aliphatic heterocycles. The van der Waals surface area contributed by atoms with Crippen LogP contribution < -0.4 is 0 Å². The Morgan fingerprint density at radius 3 is 2.93 bits per heavy atom. The molecule has 5 nitrogen and oxygen atoms in total. The molecule has 2 rings (SSSR count). The molecule has 0 saturated carbocycles. The van der Waals surface area contributed by atoms with Gasteiger partial charge in [0.25, 0.3) is 0 Å². The first-order valence-corrected chi connectivity index (χ1v) is 5.39. The number of hydrogen-bond donors (Lipinski definition) is 1. The Kier molecular flexibility index (Phi) is 3.02. The zero-order chi connectivity index (χ0) is 10.8. The van der Waals surface area contributed by atoms with Gasteiger partial charge in [-0.15, -0.1) is 10.2 Å². The van der Waals surface area contributed by atoms with E-state index in [4.69, 9.17) is 4.42 Å². The van der Waals surface area contributed by atoms with Crippen LogP contribution in [0.25, 0.3) is 0 Å². The summed E-state index contributed by atoms with van der Waals surface area (Å²) in [5.74, 6) is 1.23. The molecule has 0 unspecified atom stereocenters. The Hall–Kier alpha value is -0.940. The minimum atomic E-state index is -0.217. The molecule has 1 saturated heterocycles. The van der Waals surface area contributed by atoms with E-state index in [1.165, 1.54) is 0 Å². The van der Waals surface area contributed by atoms with Gasteiger partial charge in [-0.2, -0.15) is 0 Å². The second-order valence-electron chi connectivity index (χ2n) is 4.13. The molecular weight excluding hydrogens is 194 g/mol. The highest BCUT2D eigenvalue weighted by atomic mass is 16.4. The lowest BCUT2D eigenvalue weighted by Crippen LogP contribution is -2.39. The van der Waals surface area contributed by atoms with Crippen molar-refractivity contribution in [2.24, 2.45) is 0 Å². The average Bonchev–Trinajstić information content (AvgIpc) is 2.64. The van der Waals surface area contributed by atoms with Gasteiger partial charge >= 0.3 is 0 Å². The minimum Gasteiger partial charge on any atom is -0.424 e. The summed E-state index contributed by atoms with van der Waals surface area (Å²) in [5.41, 5.74) is 0. The second-order valence-corrected chi connectivity index (χ2v) is 4.13. The fourth-order valence-corrected chi connectivity index (χ4v) is 1.97. The Balaban J connectivity index is 2.03. The van der Waals surface area contributed by atoms with E-state index in [2.05, 4.69) is 15.1 Å². The van der Waals surface area contributed by atoms with Gasteiger partial charge in [0, 0.05) is 13.5 Å². The lowest BCUT2D eigenvalue weighted by atomic mass is 10.1. The minimum absolute atomic E-state index is 0.0983. The van der Waals surface area contributed by atoms with E-state index >= 15 is 0 Å². The summed E-state index contributed by atoms with van der Waals surface area (Å²) in [7, 11) is 0. The van der Waals surface area contributed by atoms with Crippen molar-refractivity contribution in [1.82, 2.24) is 15.1 Å². The van der Waals surface area contributed by atoms with E-state index in [1.54, 1.807) is 6.92 Å². The molecule has 0 radical (unpaired) electrons. The smallest absolute Gasteiger partial charge is 0.233 e. The normalized spacial score (nSPS) is 25.4. The van der Waals surface area contributed by atoms with Crippen molar-refractivity contribution in [3.05, 3.63) is 11.8 Å². The number of aliphatic hydroxyl groups excluding tert-OH is 1. The van der Waals surface area contributed by atoms with Crippen molar-refractivity contribution < 1.29 is 9.52 Å². The number of nitrogens with zero attached hydrogens (tertiary/aromatic N) is 3. The van der Waals surface area contributed by atoms with Gasteiger partial charge in [0.15, 0.2) is 0 Å². The largest absolute Gasteiger partial charge is 0.424 e. The third-order valence-electron chi connectivity index (χ3n) is 2.87. The maximum absolute atomic E-state index is 9.57. The van der Waals surface area contributed by atoms with Crippen molar-refractivity contribution >= 4 is 0 Å². The molecule has 15 heavy (non-hydrogen) atoms. The first kappa shape index (κ1) is 10.6. The van der Waals surface area contributed by atoms with Gasteiger partial charge in [0.05, 0.1) is 12.1 Å². The molecule has 1 aliphatic rings. The van der Waals surface area contributed by atoms with E-state index in [9.17, 15) is 5.11 Å². The predicted molar refractivity (Wildman–Crippen MR) is 54.3 cm³/mol. The number of aliphatic hydroxyl groups is 1. The van der Waals surface area contributed by atoms with Crippen molar-refractivity contribution in [2.75, 3.05) is 13.1 Å². The Bertz CT molecular complexity index is 326. The predicted octanol–water partition coefficient (Wildman–Crippen LogP) is 0.896. The first-order valence-electron chi connectivity index (χ1n) is 5.39. The third kappa shape index (κ3) is 2.35. The summed E-state index contributed by atoms with van der Waals surface area (Å²) in [6.45, 7) is 5.50. The van der Waals surface area contributed by atoms with E-state index in [-0.39, 0.29) is 12.1 Å². The zero-order valence-electron chi connectivity index (χ0n) is 9.18. The number of aromatic nitrogens is 2. The molecule has 5 heteroatoms. The van der Waals surface area contributed by atoms with Gasteiger partial charge < -0.3 is 9.52 Å². The second kappa shape index (κ2) is 4.28. The summed E-state index contributed by atoms with van der Waals surface area (Å²) >= 11 is 0. The quantitative estimate of drug-likeness (QED) is 0.787. The van der Waals surface area contributed by atoms with Crippen molar-refractivity contribution in [2.45, 2.75) is 38.8 Å². The molecule has 0 spiro atoms. The number of rotatable bonds is 2. The molecule has 1 N–H and O–H groups in total. The van der Waals surface area contributed by atoms with Crippen LogP contribution in [0.1, 0.15) is 37.6 Å². The van der Waals surface area contributed by atoms with Crippen molar-refractivity contribution in [1.29, 1.82) is 0 Å². The van der Waals surface area contributed by atoms with Crippen LogP contribution in [0, 0.1) is 6.92 Å². The molecular formula is C10H17N3O2. The molecule has 1 aromatic rings. The van der Waals surface area contributed by atoms with E-state index in [1.807, 2.05) is 6.92 Å². The monoisotopic (exact) mass is 211 g/mol. The molecule has 0 aliphatic carbocycles. The zero-order valence-corrected chi connectivity index (χ0v) is 9.18. The van der Waals surface area contributed by atoms with Crippen LogP contribution in [-0.2, 0) is 0 Å². The summed E-state index contributed by atoms with van der Waals surface area (Å²) in [6.07, 6.45) is 1.70. The Labute approximate surface area is 89.1 Å². The lowest BCUT2D eigenvalue weighted by Gasteiger charge is -2.32. The SMILES string of the molecule is Cc1nnc([C@H](C)N2CCC[C@H](O)C2)o1. The van der Waals surface area contributed by atoms with Gasteiger partial charge in [-0.3, -0.25) is 4.90 Å². The van der Waals surface area contributed by atoms with E-state index < -0.39 is 0 Å². The molecule has 2 heterocycles. The standard InChI is InChI=1S/C10H17N3O2/c1-7(10-12-11-8(2)15-10)13-5-3-4-9(14)6-13/h7,9,14H,3-6H2,1-2H3/t7-,9-/m0/s1. The third-order valence-corrected chi connectivity index (χ3v) is 2.87. The molecule has 0 aromatic carbocycles. The number of likely N-dealkylation sites (tertiary alicyclic amines) is 1. The van der Waals surface area contributed by atoms with Crippen LogP contribution in [0.3, 0.4) is 0 Å². The fraction of sp³-hybridized carbons (Fsp3) is 0.800. The Morgan fingerprint density at radius 1 is 1.53 bits per heavy atom. The van der Waals surface area contributed by atoms with Gasteiger partial charge in [-0.1, -0.05) is 0 Å². The highest BCUT2D eigenvalue weighted by Gasteiger charge is 2.25. The summed E-state index contributed by atoms with van der Waals surface area (Å²) in [4.78, 5) is 2.18. The van der Waals surface area contributed by atoms with Gasteiger partial charge in [-0.05, 0) is 26.3 Å².